The maximum absolute atomic E-state index is 11.1. The third kappa shape index (κ3) is 2.56. The molecule has 1 aromatic rings. The number of hydrogen-bond acceptors (Lipinski definition) is 2. The van der Waals surface area contributed by atoms with E-state index in [0.29, 0.717) is 12.5 Å². The third-order valence-electron chi connectivity index (χ3n) is 3.97. The number of fused-ring (bicyclic) bond motifs is 1. The Hall–Kier alpha value is -1.35. The second kappa shape index (κ2) is 5.11. The van der Waals surface area contributed by atoms with Crippen LogP contribution in [-0.2, 0) is 24.2 Å². The van der Waals surface area contributed by atoms with Gasteiger partial charge in [0.05, 0.1) is 0 Å². The van der Waals surface area contributed by atoms with E-state index < -0.39 is 0 Å². The van der Waals surface area contributed by atoms with E-state index in [9.17, 15) is 4.79 Å². The molecule has 3 heteroatoms. The summed E-state index contributed by atoms with van der Waals surface area (Å²) in [5.74, 6) is 0.194. The SMILES string of the molecule is O=C1CCC(CNCc2ccc3c(c2)CCC3)N1. The van der Waals surface area contributed by atoms with Crippen LogP contribution in [0, 0.1) is 0 Å². The summed E-state index contributed by atoms with van der Waals surface area (Å²) >= 11 is 0. The molecule has 3 rings (SSSR count). The van der Waals surface area contributed by atoms with E-state index in [4.69, 9.17) is 0 Å². The highest BCUT2D eigenvalue weighted by atomic mass is 16.1. The van der Waals surface area contributed by atoms with Crippen LogP contribution in [0.5, 0.6) is 0 Å². The monoisotopic (exact) mass is 244 g/mol. The lowest BCUT2D eigenvalue weighted by molar-refractivity contribution is -0.119. The third-order valence-corrected chi connectivity index (χ3v) is 3.97. The minimum absolute atomic E-state index is 0.194. The zero-order valence-electron chi connectivity index (χ0n) is 10.7. The van der Waals surface area contributed by atoms with Gasteiger partial charge in [0.2, 0.25) is 5.91 Å². The van der Waals surface area contributed by atoms with Crippen LogP contribution in [0.25, 0.3) is 0 Å². The Morgan fingerprint density at radius 2 is 2.11 bits per heavy atom. The van der Waals surface area contributed by atoms with Gasteiger partial charge in [0, 0.05) is 25.6 Å². The largest absolute Gasteiger partial charge is 0.352 e. The molecule has 0 bridgehead atoms. The van der Waals surface area contributed by atoms with Crippen LogP contribution >= 0.6 is 0 Å². The van der Waals surface area contributed by atoms with Crippen molar-refractivity contribution in [2.75, 3.05) is 6.54 Å². The summed E-state index contributed by atoms with van der Waals surface area (Å²) in [5, 5.41) is 6.42. The quantitative estimate of drug-likeness (QED) is 0.843. The normalized spacial score (nSPS) is 22.0. The van der Waals surface area contributed by atoms with Gasteiger partial charge in [-0.15, -0.1) is 0 Å². The van der Waals surface area contributed by atoms with Crippen LogP contribution in [0.4, 0.5) is 0 Å². The zero-order valence-corrected chi connectivity index (χ0v) is 10.7. The van der Waals surface area contributed by atoms with Gasteiger partial charge in [-0.1, -0.05) is 18.2 Å². The summed E-state index contributed by atoms with van der Waals surface area (Å²) in [6.07, 6.45) is 5.44. The summed E-state index contributed by atoms with van der Waals surface area (Å²) in [7, 11) is 0. The Morgan fingerprint density at radius 3 is 2.94 bits per heavy atom. The summed E-state index contributed by atoms with van der Waals surface area (Å²) in [6.45, 7) is 1.78. The summed E-state index contributed by atoms with van der Waals surface area (Å²) in [5.41, 5.74) is 4.42. The highest BCUT2D eigenvalue weighted by Gasteiger charge is 2.19. The van der Waals surface area contributed by atoms with Crippen molar-refractivity contribution < 1.29 is 4.79 Å². The Bertz CT molecular complexity index is 456. The molecule has 96 valence electrons. The summed E-state index contributed by atoms with van der Waals surface area (Å²) in [4.78, 5) is 11.1. The van der Waals surface area contributed by atoms with Crippen molar-refractivity contribution in [3.05, 3.63) is 34.9 Å². The lowest BCUT2D eigenvalue weighted by Crippen LogP contribution is -2.35. The molecule has 0 saturated carbocycles. The van der Waals surface area contributed by atoms with Crippen molar-refractivity contribution in [1.82, 2.24) is 10.6 Å². The zero-order chi connectivity index (χ0) is 12.4. The number of nitrogens with one attached hydrogen (secondary N) is 2. The van der Waals surface area contributed by atoms with E-state index in [1.165, 1.54) is 36.0 Å². The van der Waals surface area contributed by atoms with Crippen molar-refractivity contribution in [1.29, 1.82) is 0 Å². The molecule has 1 fully saturated rings. The van der Waals surface area contributed by atoms with E-state index in [0.717, 1.165) is 19.5 Å². The van der Waals surface area contributed by atoms with Crippen LogP contribution in [0.2, 0.25) is 0 Å². The lowest BCUT2D eigenvalue weighted by Gasteiger charge is -2.12. The average molecular weight is 244 g/mol. The Morgan fingerprint density at radius 1 is 1.22 bits per heavy atom. The van der Waals surface area contributed by atoms with E-state index in [1.807, 2.05) is 0 Å². The molecule has 0 spiro atoms. The van der Waals surface area contributed by atoms with Gasteiger partial charge >= 0.3 is 0 Å². The van der Waals surface area contributed by atoms with Gasteiger partial charge in [-0.05, 0) is 42.4 Å². The minimum Gasteiger partial charge on any atom is -0.352 e. The van der Waals surface area contributed by atoms with Gasteiger partial charge in [-0.3, -0.25) is 4.79 Å². The maximum atomic E-state index is 11.1. The molecule has 1 atom stereocenters. The molecule has 2 aliphatic rings. The molecule has 1 aliphatic heterocycles. The number of benzene rings is 1. The number of rotatable bonds is 4. The summed E-state index contributed by atoms with van der Waals surface area (Å²) in [6, 6.07) is 7.16. The van der Waals surface area contributed by atoms with Gasteiger partial charge in [-0.25, -0.2) is 0 Å². The van der Waals surface area contributed by atoms with Gasteiger partial charge in [0.25, 0.3) is 0 Å². The molecule has 0 aromatic heterocycles. The first-order valence-corrected chi connectivity index (χ1v) is 6.92. The molecule has 18 heavy (non-hydrogen) atoms. The average Bonchev–Trinajstić information content (AvgIpc) is 2.97. The van der Waals surface area contributed by atoms with Gasteiger partial charge < -0.3 is 10.6 Å². The number of amides is 1. The van der Waals surface area contributed by atoms with Crippen LogP contribution in [0.1, 0.15) is 36.0 Å². The first-order chi connectivity index (χ1) is 8.81. The smallest absolute Gasteiger partial charge is 0.220 e. The molecule has 1 heterocycles. The van der Waals surface area contributed by atoms with E-state index >= 15 is 0 Å². The highest BCUT2D eigenvalue weighted by Crippen LogP contribution is 2.22. The highest BCUT2D eigenvalue weighted by molar-refractivity contribution is 5.78. The second-order valence-corrected chi connectivity index (χ2v) is 5.39. The van der Waals surface area contributed by atoms with Crippen LogP contribution < -0.4 is 10.6 Å². The van der Waals surface area contributed by atoms with Crippen molar-refractivity contribution in [2.45, 2.75) is 44.7 Å². The first-order valence-electron chi connectivity index (χ1n) is 6.92. The van der Waals surface area contributed by atoms with Gasteiger partial charge in [0.1, 0.15) is 0 Å². The van der Waals surface area contributed by atoms with Crippen molar-refractivity contribution >= 4 is 5.91 Å². The summed E-state index contributed by atoms with van der Waals surface area (Å²) < 4.78 is 0. The Balaban J connectivity index is 1.50. The molecular formula is C15H20N2O. The number of carbonyl (C=O) groups is 1. The van der Waals surface area contributed by atoms with Crippen molar-refractivity contribution in [3.63, 3.8) is 0 Å². The number of aryl methyl sites for hydroxylation is 2. The molecule has 1 amide bonds. The molecule has 1 unspecified atom stereocenters. The fraction of sp³-hybridized carbons (Fsp3) is 0.533. The lowest BCUT2D eigenvalue weighted by atomic mass is 10.1. The fourth-order valence-electron chi connectivity index (χ4n) is 2.96. The van der Waals surface area contributed by atoms with Crippen LogP contribution in [0.15, 0.2) is 18.2 Å². The van der Waals surface area contributed by atoms with Crippen LogP contribution in [0.3, 0.4) is 0 Å². The van der Waals surface area contributed by atoms with Crippen molar-refractivity contribution in [2.24, 2.45) is 0 Å². The van der Waals surface area contributed by atoms with E-state index in [1.54, 1.807) is 0 Å². The number of hydrogen-bond donors (Lipinski definition) is 2. The standard InChI is InChI=1S/C15H20N2O/c18-15-7-6-14(17-15)10-16-9-11-4-5-12-2-1-3-13(12)8-11/h4-5,8,14,16H,1-3,6-7,9-10H2,(H,17,18). The van der Waals surface area contributed by atoms with Crippen molar-refractivity contribution in [3.8, 4) is 0 Å². The molecule has 3 nitrogen and oxygen atoms in total. The van der Waals surface area contributed by atoms with Gasteiger partial charge in [-0.2, -0.15) is 0 Å². The topological polar surface area (TPSA) is 41.1 Å². The molecule has 1 saturated heterocycles. The van der Waals surface area contributed by atoms with E-state index in [-0.39, 0.29) is 5.91 Å². The molecule has 1 aromatic carbocycles. The molecule has 2 N–H and O–H groups in total. The predicted octanol–water partition coefficient (Wildman–Crippen LogP) is 1.54. The predicted molar refractivity (Wildman–Crippen MR) is 71.3 cm³/mol. The molecular weight excluding hydrogens is 224 g/mol. The second-order valence-electron chi connectivity index (χ2n) is 5.39. The van der Waals surface area contributed by atoms with Crippen LogP contribution in [-0.4, -0.2) is 18.5 Å². The Kier molecular flexibility index (Phi) is 3.33. The minimum atomic E-state index is 0.194. The van der Waals surface area contributed by atoms with Gasteiger partial charge in [0.15, 0.2) is 0 Å². The Labute approximate surface area is 108 Å². The number of carbonyl (C=O) groups excluding carboxylic acids is 1. The van der Waals surface area contributed by atoms with E-state index in [2.05, 4.69) is 28.8 Å². The maximum Gasteiger partial charge on any atom is 0.220 e. The fourth-order valence-corrected chi connectivity index (χ4v) is 2.96. The molecule has 0 radical (unpaired) electrons. The first kappa shape index (κ1) is 11.7. The molecule has 1 aliphatic carbocycles.